The Morgan fingerprint density at radius 3 is 2.82 bits per heavy atom. The van der Waals surface area contributed by atoms with Crippen LogP contribution >= 0.6 is 0 Å². The largest absolute Gasteiger partial charge is 0.468 e. The van der Waals surface area contributed by atoms with Crippen molar-refractivity contribution in [2.24, 2.45) is 5.92 Å². The van der Waals surface area contributed by atoms with Crippen molar-refractivity contribution in [3.8, 4) is 0 Å². The molecule has 2 rings (SSSR count). The molecule has 0 radical (unpaired) electrons. The summed E-state index contributed by atoms with van der Waals surface area (Å²) in [5, 5.41) is 9.16. The van der Waals surface area contributed by atoms with Crippen LogP contribution in [0.5, 0.6) is 0 Å². The number of aliphatic hydroxyl groups is 1. The van der Waals surface area contributed by atoms with Gasteiger partial charge in [-0.15, -0.1) is 0 Å². The smallest absolute Gasteiger partial charge is 0.323 e. The quantitative estimate of drug-likeness (QED) is 0.705. The molecule has 1 saturated carbocycles. The van der Waals surface area contributed by atoms with Gasteiger partial charge < -0.3 is 14.6 Å². The van der Waals surface area contributed by atoms with Gasteiger partial charge in [0.1, 0.15) is 6.04 Å². The molecule has 5 nitrogen and oxygen atoms in total. The van der Waals surface area contributed by atoms with E-state index < -0.39 is 0 Å². The Kier molecular flexibility index (Phi) is 4.01. The Morgan fingerprint density at radius 2 is 2.29 bits per heavy atom. The Morgan fingerprint density at radius 1 is 1.59 bits per heavy atom. The summed E-state index contributed by atoms with van der Waals surface area (Å²) in [6.07, 6.45) is 2.00. The maximum absolute atomic E-state index is 11.9. The fraction of sp³-hybridized carbons (Fsp3) is 0.917. The molecule has 1 heterocycles. The van der Waals surface area contributed by atoms with Crippen LogP contribution in [-0.2, 0) is 14.3 Å². The lowest BCUT2D eigenvalue weighted by atomic mass is 10.1. The third-order valence-electron chi connectivity index (χ3n) is 3.63. The van der Waals surface area contributed by atoms with Crippen LogP contribution in [0.25, 0.3) is 0 Å². The van der Waals surface area contributed by atoms with Crippen molar-refractivity contribution in [2.75, 3.05) is 26.9 Å². The molecule has 1 aliphatic carbocycles. The molecule has 1 aliphatic heterocycles. The average molecular weight is 243 g/mol. The molecule has 98 valence electrons. The number of ether oxygens (including phenoxy) is 2. The third kappa shape index (κ3) is 2.78. The first-order valence-corrected chi connectivity index (χ1v) is 6.23. The van der Waals surface area contributed by atoms with Crippen molar-refractivity contribution >= 4 is 5.97 Å². The van der Waals surface area contributed by atoms with Crippen molar-refractivity contribution in [3.63, 3.8) is 0 Å². The van der Waals surface area contributed by atoms with Crippen LogP contribution in [0.15, 0.2) is 0 Å². The number of carbonyl (C=O) groups excluding carboxylic acids is 1. The van der Waals surface area contributed by atoms with Gasteiger partial charge in [-0.25, -0.2) is 0 Å². The molecule has 0 bridgehead atoms. The van der Waals surface area contributed by atoms with Gasteiger partial charge in [0.05, 0.1) is 26.4 Å². The number of aliphatic hydroxyl groups excluding tert-OH is 1. The van der Waals surface area contributed by atoms with Crippen molar-refractivity contribution in [1.29, 1.82) is 0 Å². The van der Waals surface area contributed by atoms with Gasteiger partial charge in [-0.3, -0.25) is 9.69 Å². The van der Waals surface area contributed by atoms with Crippen LogP contribution in [0.4, 0.5) is 0 Å². The predicted molar refractivity (Wildman–Crippen MR) is 61.5 cm³/mol. The first kappa shape index (κ1) is 12.8. The maximum atomic E-state index is 11.9. The van der Waals surface area contributed by atoms with Gasteiger partial charge in [-0.05, 0) is 25.7 Å². The molecular weight excluding hydrogens is 222 g/mol. The Balaban J connectivity index is 2.07. The van der Waals surface area contributed by atoms with Crippen molar-refractivity contribution in [3.05, 3.63) is 0 Å². The Hall–Kier alpha value is -0.650. The van der Waals surface area contributed by atoms with E-state index in [2.05, 4.69) is 4.90 Å². The zero-order valence-corrected chi connectivity index (χ0v) is 10.5. The second kappa shape index (κ2) is 5.33. The molecule has 0 aromatic rings. The van der Waals surface area contributed by atoms with Gasteiger partial charge in [-0.2, -0.15) is 0 Å². The second-order valence-corrected chi connectivity index (χ2v) is 4.99. The summed E-state index contributed by atoms with van der Waals surface area (Å²) in [5.41, 5.74) is 0. The van der Waals surface area contributed by atoms with Gasteiger partial charge in [-0.1, -0.05) is 0 Å². The minimum Gasteiger partial charge on any atom is -0.468 e. The standard InChI is InChI=1S/C12H21NO4/c1-8-7-17-10(6-14)5-13(8)11(9-3-4-9)12(15)16-2/h8-11,14H,3-7H2,1-2H3. The molecule has 5 heteroatoms. The molecule has 2 aliphatic rings. The number of morpholine rings is 1. The van der Waals surface area contributed by atoms with Crippen molar-refractivity contribution in [2.45, 2.75) is 38.0 Å². The third-order valence-corrected chi connectivity index (χ3v) is 3.63. The van der Waals surface area contributed by atoms with Crippen LogP contribution in [0.3, 0.4) is 0 Å². The van der Waals surface area contributed by atoms with E-state index in [1.165, 1.54) is 7.11 Å². The summed E-state index contributed by atoms with van der Waals surface area (Å²) >= 11 is 0. The van der Waals surface area contributed by atoms with E-state index in [1.54, 1.807) is 0 Å². The summed E-state index contributed by atoms with van der Waals surface area (Å²) in [7, 11) is 1.44. The average Bonchev–Trinajstić information content (AvgIpc) is 3.16. The topological polar surface area (TPSA) is 59.0 Å². The van der Waals surface area contributed by atoms with Crippen molar-refractivity contribution < 1.29 is 19.4 Å². The van der Waals surface area contributed by atoms with Gasteiger partial charge in [0.2, 0.25) is 0 Å². The molecule has 1 N–H and O–H groups in total. The van der Waals surface area contributed by atoms with Crippen LogP contribution < -0.4 is 0 Å². The second-order valence-electron chi connectivity index (χ2n) is 4.99. The molecule has 1 saturated heterocycles. The molecular formula is C12H21NO4. The highest BCUT2D eigenvalue weighted by molar-refractivity contribution is 5.76. The SMILES string of the molecule is COC(=O)C(C1CC1)N1CC(CO)OCC1C. The minimum absolute atomic E-state index is 0.00177. The molecule has 0 spiro atoms. The summed E-state index contributed by atoms with van der Waals surface area (Å²) in [5.74, 6) is 0.264. The van der Waals surface area contributed by atoms with E-state index in [1.807, 2.05) is 6.92 Å². The van der Waals surface area contributed by atoms with Crippen LogP contribution in [-0.4, -0.2) is 61.0 Å². The summed E-state index contributed by atoms with van der Waals surface area (Å²) in [4.78, 5) is 14.0. The van der Waals surface area contributed by atoms with Crippen LogP contribution in [0, 0.1) is 5.92 Å². The molecule has 2 fully saturated rings. The number of hydrogen-bond acceptors (Lipinski definition) is 5. The maximum Gasteiger partial charge on any atom is 0.323 e. The van der Waals surface area contributed by atoms with Gasteiger partial charge in [0.25, 0.3) is 0 Å². The first-order chi connectivity index (χ1) is 8.17. The number of rotatable bonds is 4. The van der Waals surface area contributed by atoms with E-state index in [0.29, 0.717) is 19.1 Å². The normalized spacial score (nSPS) is 32.2. The summed E-state index contributed by atoms with van der Waals surface area (Å²) in [6, 6.07) is 0.0375. The Bertz CT molecular complexity index is 280. The zero-order valence-electron chi connectivity index (χ0n) is 10.5. The number of methoxy groups -OCH3 is 1. The lowest BCUT2D eigenvalue weighted by Gasteiger charge is -2.41. The lowest BCUT2D eigenvalue weighted by molar-refractivity contribution is -0.156. The van der Waals surface area contributed by atoms with E-state index in [0.717, 1.165) is 12.8 Å². The molecule has 0 amide bonds. The highest BCUT2D eigenvalue weighted by atomic mass is 16.5. The van der Waals surface area contributed by atoms with Gasteiger partial charge >= 0.3 is 5.97 Å². The predicted octanol–water partition coefficient (Wildman–Crippen LogP) is 0.0196. The highest BCUT2D eigenvalue weighted by Gasteiger charge is 2.44. The molecule has 3 atom stereocenters. The fourth-order valence-corrected chi connectivity index (χ4v) is 2.47. The zero-order chi connectivity index (χ0) is 12.4. The summed E-state index contributed by atoms with van der Waals surface area (Å²) < 4.78 is 10.4. The number of hydrogen-bond donors (Lipinski definition) is 1. The first-order valence-electron chi connectivity index (χ1n) is 6.23. The minimum atomic E-state index is -0.183. The Labute approximate surface area is 102 Å². The van der Waals surface area contributed by atoms with Gasteiger partial charge in [0, 0.05) is 12.6 Å². The molecule has 3 unspecified atom stereocenters. The molecule has 0 aromatic carbocycles. The fourth-order valence-electron chi connectivity index (χ4n) is 2.47. The van der Waals surface area contributed by atoms with Crippen molar-refractivity contribution in [1.82, 2.24) is 4.90 Å². The van der Waals surface area contributed by atoms with E-state index in [-0.39, 0.29) is 30.8 Å². The van der Waals surface area contributed by atoms with Gasteiger partial charge in [0.15, 0.2) is 0 Å². The van der Waals surface area contributed by atoms with E-state index >= 15 is 0 Å². The number of nitrogens with zero attached hydrogens (tertiary/aromatic N) is 1. The molecule has 17 heavy (non-hydrogen) atoms. The number of esters is 1. The highest BCUT2D eigenvalue weighted by Crippen LogP contribution is 2.37. The number of carbonyl (C=O) groups is 1. The monoisotopic (exact) mass is 243 g/mol. The summed E-state index contributed by atoms with van der Waals surface area (Å²) in [6.45, 7) is 3.22. The van der Waals surface area contributed by atoms with Crippen LogP contribution in [0.2, 0.25) is 0 Å². The van der Waals surface area contributed by atoms with E-state index in [9.17, 15) is 4.79 Å². The lowest BCUT2D eigenvalue weighted by Crippen LogP contribution is -2.57. The van der Waals surface area contributed by atoms with Crippen LogP contribution in [0.1, 0.15) is 19.8 Å². The molecule has 0 aromatic heterocycles. The van der Waals surface area contributed by atoms with E-state index in [4.69, 9.17) is 14.6 Å².